The van der Waals surface area contributed by atoms with Crippen molar-refractivity contribution in [2.45, 2.75) is 38.9 Å². The predicted molar refractivity (Wildman–Crippen MR) is 58.0 cm³/mol. The number of aliphatic hydroxyl groups excluding tert-OH is 2. The largest absolute Gasteiger partial charge is 0.468 e. The molecule has 4 heteroatoms. The lowest BCUT2D eigenvalue weighted by Crippen LogP contribution is -2.28. The van der Waals surface area contributed by atoms with Gasteiger partial charge in [0.2, 0.25) is 0 Å². The van der Waals surface area contributed by atoms with Crippen molar-refractivity contribution in [3.05, 3.63) is 33.4 Å². The second-order valence-electron chi connectivity index (χ2n) is 4.24. The molecule has 16 heavy (non-hydrogen) atoms. The lowest BCUT2D eigenvalue weighted by molar-refractivity contribution is 0.0833. The van der Waals surface area contributed by atoms with Gasteiger partial charge in [-0.05, 0) is 12.3 Å². The third-order valence-electron chi connectivity index (χ3n) is 3.36. The van der Waals surface area contributed by atoms with Crippen LogP contribution >= 0.6 is 0 Å². The van der Waals surface area contributed by atoms with Gasteiger partial charge in [-0.3, -0.25) is 4.79 Å². The summed E-state index contributed by atoms with van der Waals surface area (Å²) in [5.74, 6) is 0.684. The molecule has 0 radical (unpaired) electrons. The molecule has 1 aromatic rings. The first kappa shape index (κ1) is 11.4. The fraction of sp³-hybridized carbons (Fsp3) is 0.583. The number of aryl methyl sites for hydroxylation is 1. The lowest BCUT2D eigenvalue weighted by Gasteiger charge is -2.27. The third kappa shape index (κ3) is 1.68. The fourth-order valence-electron chi connectivity index (χ4n) is 2.30. The van der Waals surface area contributed by atoms with E-state index in [1.165, 1.54) is 6.26 Å². The van der Waals surface area contributed by atoms with E-state index in [1.807, 2.05) is 6.92 Å². The first-order valence-electron chi connectivity index (χ1n) is 5.61. The van der Waals surface area contributed by atoms with Crippen molar-refractivity contribution in [3.63, 3.8) is 0 Å². The third-order valence-corrected chi connectivity index (χ3v) is 3.36. The molecule has 0 saturated heterocycles. The van der Waals surface area contributed by atoms with Crippen molar-refractivity contribution in [2.75, 3.05) is 0 Å². The minimum atomic E-state index is -0.753. The van der Waals surface area contributed by atoms with Gasteiger partial charge in [-0.15, -0.1) is 0 Å². The SMILES string of the molecule is CC[C@@H]1CCc2occ(CO)c(=O)c2[C@@H]1O. The second-order valence-corrected chi connectivity index (χ2v) is 4.24. The Morgan fingerprint density at radius 3 is 2.94 bits per heavy atom. The van der Waals surface area contributed by atoms with Gasteiger partial charge in [0, 0.05) is 6.42 Å². The molecule has 0 fully saturated rings. The van der Waals surface area contributed by atoms with Crippen molar-refractivity contribution in [1.82, 2.24) is 0 Å². The molecule has 0 spiro atoms. The molecule has 2 N–H and O–H groups in total. The predicted octanol–water partition coefficient (Wildman–Crippen LogP) is 1.14. The Labute approximate surface area is 93.5 Å². The fourth-order valence-corrected chi connectivity index (χ4v) is 2.30. The van der Waals surface area contributed by atoms with Crippen molar-refractivity contribution in [3.8, 4) is 0 Å². The van der Waals surface area contributed by atoms with Crippen LogP contribution in [-0.4, -0.2) is 10.2 Å². The molecule has 1 aliphatic carbocycles. The zero-order chi connectivity index (χ0) is 11.7. The standard InChI is InChI=1S/C12H16O4/c1-2-7-3-4-9-10(11(7)14)12(15)8(5-13)6-16-9/h6-7,11,13-14H,2-5H2,1H3/t7-,11-/m1/s1. The molecule has 2 rings (SSSR count). The Morgan fingerprint density at radius 1 is 1.56 bits per heavy atom. The second kappa shape index (κ2) is 4.39. The highest BCUT2D eigenvalue weighted by Gasteiger charge is 2.31. The van der Waals surface area contributed by atoms with Crippen LogP contribution in [0, 0.1) is 5.92 Å². The molecule has 0 amide bonds. The Hall–Kier alpha value is -1.13. The average molecular weight is 224 g/mol. The molecule has 88 valence electrons. The monoisotopic (exact) mass is 224 g/mol. The molecule has 1 heterocycles. The maximum atomic E-state index is 11.9. The van der Waals surface area contributed by atoms with E-state index in [2.05, 4.69) is 0 Å². The summed E-state index contributed by atoms with van der Waals surface area (Å²) in [4.78, 5) is 11.9. The molecule has 2 atom stereocenters. The van der Waals surface area contributed by atoms with Gasteiger partial charge in [0.25, 0.3) is 0 Å². The molecule has 0 aromatic carbocycles. The Bertz CT molecular complexity index is 435. The van der Waals surface area contributed by atoms with Crippen molar-refractivity contribution in [2.24, 2.45) is 5.92 Å². The summed E-state index contributed by atoms with van der Waals surface area (Å²) in [5, 5.41) is 19.1. The van der Waals surface area contributed by atoms with Crippen LogP contribution < -0.4 is 5.43 Å². The van der Waals surface area contributed by atoms with E-state index in [0.717, 1.165) is 12.8 Å². The molecular weight excluding hydrogens is 208 g/mol. The van der Waals surface area contributed by atoms with Gasteiger partial charge in [-0.2, -0.15) is 0 Å². The minimum Gasteiger partial charge on any atom is -0.468 e. The van der Waals surface area contributed by atoms with Crippen LogP contribution in [-0.2, 0) is 13.0 Å². The van der Waals surface area contributed by atoms with E-state index in [-0.39, 0.29) is 23.5 Å². The normalized spacial score (nSPS) is 24.2. The van der Waals surface area contributed by atoms with Crippen molar-refractivity contribution in [1.29, 1.82) is 0 Å². The lowest BCUT2D eigenvalue weighted by atomic mass is 9.82. The van der Waals surface area contributed by atoms with Gasteiger partial charge < -0.3 is 14.6 Å². The van der Waals surface area contributed by atoms with Crippen LogP contribution in [0.2, 0.25) is 0 Å². The number of aliphatic hydroxyl groups is 2. The van der Waals surface area contributed by atoms with Crippen LogP contribution in [0.1, 0.15) is 42.8 Å². The molecule has 4 nitrogen and oxygen atoms in total. The molecular formula is C12H16O4. The molecule has 0 aliphatic heterocycles. The summed E-state index contributed by atoms with van der Waals surface area (Å²) >= 11 is 0. The number of hydrogen-bond acceptors (Lipinski definition) is 4. The smallest absolute Gasteiger partial charge is 0.196 e. The number of rotatable bonds is 2. The van der Waals surface area contributed by atoms with Crippen molar-refractivity contribution >= 4 is 0 Å². The summed E-state index contributed by atoms with van der Waals surface area (Å²) in [6.07, 6.45) is 2.90. The van der Waals surface area contributed by atoms with Gasteiger partial charge in [-0.25, -0.2) is 0 Å². The van der Waals surface area contributed by atoms with E-state index in [1.54, 1.807) is 0 Å². The summed E-state index contributed by atoms with van der Waals surface area (Å²) in [6.45, 7) is 1.65. The number of hydrogen-bond donors (Lipinski definition) is 2. The summed E-state index contributed by atoms with van der Waals surface area (Å²) in [5.41, 5.74) is 0.300. The Morgan fingerprint density at radius 2 is 2.31 bits per heavy atom. The van der Waals surface area contributed by atoms with Crippen molar-refractivity contribution < 1.29 is 14.6 Å². The number of fused-ring (bicyclic) bond motifs is 1. The van der Waals surface area contributed by atoms with Crippen LogP contribution in [0.25, 0.3) is 0 Å². The van der Waals surface area contributed by atoms with Gasteiger partial charge >= 0.3 is 0 Å². The topological polar surface area (TPSA) is 70.7 Å². The van der Waals surface area contributed by atoms with E-state index < -0.39 is 6.10 Å². The van der Waals surface area contributed by atoms with Gasteiger partial charge in [0.05, 0.1) is 30.1 Å². The van der Waals surface area contributed by atoms with Crippen LogP contribution in [0.4, 0.5) is 0 Å². The summed E-state index contributed by atoms with van der Waals surface area (Å²) in [6, 6.07) is 0. The minimum absolute atomic E-state index is 0.115. The Kier molecular flexibility index (Phi) is 3.12. The first-order chi connectivity index (χ1) is 7.69. The molecule has 1 aliphatic rings. The van der Waals surface area contributed by atoms with E-state index in [0.29, 0.717) is 17.7 Å². The molecule has 0 saturated carbocycles. The summed E-state index contributed by atoms with van der Waals surface area (Å²) < 4.78 is 5.30. The highest BCUT2D eigenvalue weighted by Crippen LogP contribution is 2.34. The maximum Gasteiger partial charge on any atom is 0.196 e. The zero-order valence-corrected chi connectivity index (χ0v) is 9.27. The zero-order valence-electron chi connectivity index (χ0n) is 9.27. The van der Waals surface area contributed by atoms with Gasteiger partial charge in [-0.1, -0.05) is 13.3 Å². The summed E-state index contributed by atoms with van der Waals surface area (Å²) in [7, 11) is 0. The van der Waals surface area contributed by atoms with Crippen LogP contribution in [0.5, 0.6) is 0 Å². The molecule has 0 bridgehead atoms. The van der Waals surface area contributed by atoms with E-state index in [9.17, 15) is 9.90 Å². The average Bonchev–Trinajstić information content (AvgIpc) is 2.30. The van der Waals surface area contributed by atoms with Crippen LogP contribution in [0.3, 0.4) is 0 Å². The molecule has 0 unspecified atom stereocenters. The van der Waals surface area contributed by atoms with Gasteiger partial charge in [0.15, 0.2) is 5.43 Å². The highest BCUT2D eigenvalue weighted by molar-refractivity contribution is 5.27. The van der Waals surface area contributed by atoms with Crippen LogP contribution in [0.15, 0.2) is 15.5 Å². The highest BCUT2D eigenvalue weighted by atomic mass is 16.3. The van der Waals surface area contributed by atoms with Gasteiger partial charge in [0.1, 0.15) is 5.76 Å². The van der Waals surface area contributed by atoms with E-state index in [4.69, 9.17) is 9.52 Å². The molecule has 1 aromatic heterocycles. The van der Waals surface area contributed by atoms with E-state index >= 15 is 0 Å². The quantitative estimate of drug-likeness (QED) is 0.790. The Balaban J connectivity index is 2.52. The first-order valence-corrected chi connectivity index (χ1v) is 5.61. The maximum absolute atomic E-state index is 11.9.